The molecule has 0 atom stereocenters. The highest BCUT2D eigenvalue weighted by Gasteiger charge is 2.11. The second-order valence-corrected chi connectivity index (χ2v) is 5.24. The normalized spacial score (nSPS) is 11.7. The van der Waals surface area contributed by atoms with E-state index >= 15 is 0 Å². The number of hydrogen-bond donors (Lipinski definition) is 1. The average Bonchev–Trinajstić information content (AvgIpc) is 2.11. The average molecular weight is 200 g/mol. The molecule has 0 bridgehead atoms. The smallest absolute Gasteiger partial charge is 0.305 e. The molecule has 0 aliphatic heterocycles. The zero-order chi connectivity index (χ0) is 7.78. The molecule has 0 fully saturated rings. The van der Waals surface area contributed by atoms with Gasteiger partial charge in [0.15, 0.2) is 4.21 Å². The molecule has 56 valence electrons. The molecule has 1 N–H and O–H groups in total. The largest absolute Gasteiger partial charge is 0.318 e. The summed E-state index contributed by atoms with van der Waals surface area (Å²) in [6, 6.07) is 0. The molecule has 4 nitrogen and oxygen atoms in total. The Labute approximate surface area is 64.9 Å². The van der Waals surface area contributed by atoms with Crippen molar-refractivity contribution in [3.8, 4) is 0 Å². The lowest BCUT2D eigenvalue weighted by Gasteiger charge is -1.81. The summed E-state index contributed by atoms with van der Waals surface area (Å²) in [6.45, 7) is 0. The van der Waals surface area contributed by atoms with Gasteiger partial charge in [0.1, 0.15) is 0 Å². The van der Waals surface area contributed by atoms with Crippen LogP contribution in [0.2, 0.25) is 0 Å². The van der Waals surface area contributed by atoms with E-state index in [0.717, 1.165) is 6.20 Å². The second-order valence-electron chi connectivity index (χ2n) is 1.44. The summed E-state index contributed by atoms with van der Waals surface area (Å²) in [5.41, 5.74) is 0. The summed E-state index contributed by atoms with van der Waals surface area (Å²) in [5, 5.41) is 0. The molecule has 10 heavy (non-hydrogen) atoms. The quantitative estimate of drug-likeness (QED) is 0.665. The van der Waals surface area contributed by atoms with Crippen molar-refractivity contribution in [2.75, 3.05) is 0 Å². The maximum atomic E-state index is 10.5. The van der Waals surface area contributed by atoms with Crippen molar-refractivity contribution >= 4 is 31.1 Å². The molecular weight excluding hydrogens is 198 g/mol. The molecule has 0 spiro atoms. The number of hydrogen-bond acceptors (Lipinski definition) is 4. The summed E-state index contributed by atoms with van der Waals surface area (Å²) in [7, 11) is 1.17. The maximum absolute atomic E-state index is 10.5. The van der Waals surface area contributed by atoms with E-state index in [-0.39, 0.29) is 4.21 Å². The van der Waals surface area contributed by atoms with E-state index in [1.165, 1.54) is 0 Å². The molecule has 7 heteroatoms. The molecule has 1 rings (SSSR count). The third-order valence-corrected chi connectivity index (χ3v) is 3.64. The van der Waals surface area contributed by atoms with Crippen molar-refractivity contribution in [1.29, 1.82) is 0 Å². The first kappa shape index (κ1) is 7.77. The van der Waals surface area contributed by atoms with Crippen LogP contribution in [0.5, 0.6) is 0 Å². The minimum absolute atomic E-state index is 0.154. The van der Waals surface area contributed by atoms with Gasteiger partial charge in [0.05, 0.1) is 0 Å². The van der Waals surface area contributed by atoms with Gasteiger partial charge >= 0.3 is 4.87 Å². The Bertz CT molecular complexity index is 374. The zero-order valence-corrected chi connectivity index (χ0v) is 6.89. The number of rotatable bonds is 1. The molecule has 0 aromatic carbocycles. The van der Waals surface area contributed by atoms with Crippen molar-refractivity contribution in [2.45, 2.75) is 4.21 Å². The van der Waals surface area contributed by atoms with Gasteiger partial charge in [-0.15, -0.1) is 0 Å². The van der Waals surface area contributed by atoms with Crippen LogP contribution in [0.4, 0.5) is 0 Å². The maximum Gasteiger partial charge on any atom is 0.305 e. The van der Waals surface area contributed by atoms with Gasteiger partial charge < -0.3 is 4.98 Å². The first-order chi connectivity index (χ1) is 4.50. The van der Waals surface area contributed by atoms with Crippen LogP contribution < -0.4 is 4.87 Å². The molecule has 1 heterocycles. The van der Waals surface area contributed by atoms with E-state index < -0.39 is 13.9 Å². The lowest BCUT2D eigenvalue weighted by Crippen LogP contribution is -1.88. The van der Waals surface area contributed by atoms with Crippen molar-refractivity contribution < 1.29 is 8.42 Å². The van der Waals surface area contributed by atoms with E-state index in [4.69, 9.17) is 10.7 Å². The SMILES string of the molecule is O=c1[nH]cc(S(=O)(=O)Cl)s1. The van der Waals surface area contributed by atoms with Crippen molar-refractivity contribution in [2.24, 2.45) is 0 Å². The van der Waals surface area contributed by atoms with Gasteiger partial charge in [-0.25, -0.2) is 8.42 Å². The van der Waals surface area contributed by atoms with Crippen molar-refractivity contribution in [1.82, 2.24) is 4.98 Å². The Balaban J connectivity index is 3.34. The first-order valence-corrected chi connectivity index (χ1v) is 5.26. The van der Waals surface area contributed by atoms with Crippen LogP contribution >= 0.6 is 22.0 Å². The molecule has 0 saturated carbocycles. The lowest BCUT2D eigenvalue weighted by atomic mass is 11.0. The number of nitrogens with one attached hydrogen (secondary N) is 1. The van der Waals surface area contributed by atoms with Gasteiger partial charge in [0.25, 0.3) is 9.05 Å². The van der Waals surface area contributed by atoms with E-state index in [0.29, 0.717) is 11.3 Å². The first-order valence-electron chi connectivity index (χ1n) is 2.13. The van der Waals surface area contributed by atoms with Crippen LogP contribution in [0.15, 0.2) is 15.2 Å². The summed E-state index contributed by atoms with van der Waals surface area (Å²) >= 11 is 0.564. The Kier molecular flexibility index (Phi) is 1.84. The van der Waals surface area contributed by atoms with E-state index in [1.54, 1.807) is 0 Å². The van der Waals surface area contributed by atoms with E-state index in [1.807, 2.05) is 0 Å². The number of thiazole rings is 1. The standard InChI is InChI=1S/C3H2ClNO3S2/c4-10(7,8)2-1-5-3(6)9-2/h1H,(H,5,6). The van der Waals surface area contributed by atoms with E-state index in [9.17, 15) is 13.2 Å². The molecule has 1 aromatic rings. The van der Waals surface area contributed by atoms with Crippen molar-refractivity contribution in [3.63, 3.8) is 0 Å². The van der Waals surface area contributed by atoms with Gasteiger partial charge in [-0.05, 0) is 0 Å². The molecule has 0 aliphatic rings. The molecule has 0 saturated heterocycles. The predicted molar refractivity (Wildman–Crippen MR) is 38.0 cm³/mol. The fourth-order valence-corrected chi connectivity index (χ4v) is 2.05. The fourth-order valence-electron chi connectivity index (χ4n) is 0.388. The Morgan fingerprint density at radius 2 is 2.20 bits per heavy atom. The Morgan fingerprint density at radius 3 is 2.40 bits per heavy atom. The van der Waals surface area contributed by atoms with Crippen LogP contribution in [0, 0.1) is 0 Å². The summed E-state index contributed by atoms with van der Waals surface area (Å²) in [6.07, 6.45) is 1.06. The predicted octanol–water partition coefficient (Wildman–Crippen LogP) is 0.364. The molecule has 0 unspecified atom stereocenters. The zero-order valence-electron chi connectivity index (χ0n) is 4.50. The van der Waals surface area contributed by atoms with Crippen LogP contribution in [-0.4, -0.2) is 13.4 Å². The lowest BCUT2D eigenvalue weighted by molar-refractivity contribution is 0.611. The van der Waals surface area contributed by atoms with Crippen LogP contribution in [0.25, 0.3) is 0 Å². The van der Waals surface area contributed by atoms with Gasteiger partial charge in [0, 0.05) is 16.9 Å². The highest BCUT2D eigenvalue weighted by Crippen LogP contribution is 2.14. The molecule has 0 aliphatic carbocycles. The number of H-pyrrole nitrogens is 1. The van der Waals surface area contributed by atoms with Crippen LogP contribution in [-0.2, 0) is 9.05 Å². The van der Waals surface area contributed by atoms with Gasteiger partial charge in [-0.3, -0.25) is 4.79 Å². The Hall–Kier alpha value is -0.330. The van der Waals surface area contributed by atoms with Gasteiger partial charge in [-0.2, -0.15) is 0 Å². The molecular formula is C3H2ClNO3S2. The monoisotopic (exact) mass is 199 g/mol. The highest BCUT2D eigenvalue weighted by atomic mass is 35.7. The number of aromatic nitrogens is 1. The third kappa shape index (κ3) is 1.59. The topological polar surface area (TPSA) is 67.0 Å². The summed E-state index contributed by atoms with van der Waals surface area (Å²) < 4.78 is 20.8. The van der Waals surface area contributed by atoms with Crippen molar-refractivity contribution in [3.05, 3.63) is 15.9 Å². The van der Waals surface area contributed by atoms with Gasteiger partial charge in [-0.1, -0.05) is 11.3 Å². The Morgan fingerprint density at radius 1 is 1.60 bits per heavy atom. The number of halogens is 1. The summed E-state index contributed by atoms with van der Waals surface area (Å²) in [4.78, 5) is 12.1. The second kappa shape index (κ2) is 2.37. The number of aromatic amines is 1. The minimum atomic E-state index is -3.72. The highest BCUT2D eigenvalue weighted by molar-refractivity contribution is 8.15. The molecule has 1 aromatic heterocycles. The van der Waals surface area contributed by atoms with Crippen LogP contribution in [0.3, 0.4) is 0 Å². The minimum Gasteiger partial charge on any atom is -0.318 e. The van der Waals surface area contributed by atoms with Gasteiger partial charge in [0.2, 0.25) is 0 Å². The third-order valence-electron chi connectivity index (χ3n) is 0.741. The fraction of sp³-hybridized carbons (Fsp3) is 0. The summed E-state index contributed by atoms with van der Waals surface area (Å²) in [5.74, 6) is 0. The molecule has 0 amide bonds. The van der Waals surface area contributed by atoms with Crippen LogP contribution in [0.1, 0.15) is 0 Å². The molecule has 0 radical (unpaired) electrons. The van der Waals surface area contributed by atoms with E-state index in [2.05, 4.69) is 4.98 Å².